The summed E-state index contributed by atoms with van der Waals surface area (Å²) in [6.07, 6.45) is 1.89. The molecule has 1 atom stereocenters. The maximum Gasteiger partial charge on any atom is 0.228 e. The van der Waals surface area contributed by atoms with Gasteiger partial charge in [0, 0.05) is 12.8 Å². The SMILES string of the molecule is CS(=O)(=O)c1ccc(Cl)c(NC(=O)C2CCNC2)c1. The largest absolute Gasteiger partial charge is 0.324 e. The quantitative estimate of drug-likeness (QED) is 0.882. The zero-order valence-corrected chi connectivity index (χ0v) is 12.0. The molecule has 1 aromatic rings. The molecule has 1 saturated heterocycles. The van der Waals surface area contributed by atoms with E-state index in [1.165, 1.54) is 18.2 Å². The smallest absolute Gasteiger partial charge is 0.228 e. The second-order valence-corrected chi connectivity index (χ2v) is 7.02. The highest BCUT2D eigenvalue weighted by Gasteiger charge is 2.23. The van der Waals surface area contributed by atoms with Crippen molar-refractivity contribution in [2.45, 2.75) is 11.3 Å². The summed E-state index contributed by atoms with van der Waals surface area (Å²) in [6, 6.07) is 4.28. The molecule has 1 unspecified atom stereocenters. The lowest BCUT2D eigenvalue weighted by Crippen LogP contribution is -2.24. The Bertz CT molecular complexity index is 595. The van der Waals surface area contributed by atoms with Gasteiger partial charge in [-0.25, -0.2) is 8.42 Å². The number of sulfone groups is 1. The van der Waals surface area contributed by atoms with Crippen LogP contribution in [0.25, 0.3) is 0 Å². The van der Waals surface area contributed by atoms with Gasteiger partial charge in [-0.15, -0.1) is 0 Å². The standard InChI is InChI=1S/C12H15ClN2O3S/c1-19(17,18)9-2-3-10(13)11(6-9)15-12(16)8-4-5-14-7-8/h2-3,6,8,14H,4-5,7H2,1H3,(H,15,16). The maximum atomic E-state index is 12.0. The van der Waals surface area contributed by atoms with Crippen molar-refractivity contribution in [1.82, 2.24) is 5.32 Å². The highest BCUT2D eigenvalue weighted by atomic mass is 35.5. The van der Waals surface area contributed by atoms with Crippen LogP contribution in [-0.4, -0.2) is 33.7 Å². The van der Waals surface area contributed by atoms with E-state index in [4.69, 9.17) is 11.6 Å². The third-order valence-corrected chi connectivity index (χ3v) is 4.49. The van der Waals surface area contributed by atoms with Gasteiger partial charge in [-0.2, -0.15) is 0 Å². The van der Waals surface area contributed by atoms with Crippen LogP contribution in [0.4, 0.5) is 5.69 Å². The number of nitrogens with one attached hydrogen (secondary N) is 2. The van der Waals surface area contributed by atoms with Crippen molar-refractivity contribution in [2.75, 3.05) is 24.7 Å². The van der Waals surface area contributed by atoms with Gasteiger partial charge < -0.3 is 10.6 Å². The lowest BCUT2D eigenvalue weighted by Gasteiger charge is -2.12. The summed E-state index contributed by atoms with van der Waals surface area (Å²) >= 11 is 5.97. The first-order chi connectivity index (χ1) is 8.88. The number of halogens is 1. The molecule has 104 valence electrons. The molecular formula is C12H15ClN2O3S. The molecule has 7 heteroatoms. The number of carbonyl (C=O) groups excluding carboxylic acids is 1. The number of carbonyl (C=O) groups is 1. The van der Waals surface area contributed by atoms with Gasteiger partial charge in [0.1, 0.15) is 0 Å². The van der Waals surface area contributed by atoms with Crippen LogP contribution in [0.5, 0.6) is 0 Å². The summed E-state index contributed by atoms with van der Waals surface area (Å²) in [5.41, 5.74) is 0.335. The Morgan fingerprint density at radius 2 is 2.21 bits per heavy atom. The highest BCUT2D eigenvalue weighted by molar-refractivity contribution is 7.90. The highest BCUT2D eigenvalue weighted by Crippen LogP contribution is 2.26. The summed E-state index contributed by atoms with van der Waals surface area (Å²) < 4.78 is 22.9. The molecule has 0 saturated carbocycles. The summed E-state index contributed by atoms with van der Waals surface area (Å²) in [6.45, 7) is 1.45. The lowest BCUT2D eigenvalue weighted by molar-refractivity contribution is -0.119. The van der Waals surface area contributed by atoms with Crippen molar-refractivity contribution < 1.29 is 13.2 Å². The van der Waals surface area contributed by atoms with Gasteiger partial charge in [0.25, 0.3) is 0 Å². The normalized spacial score (nSPS) is 19.4. The number of anilines is 1. The first kappa shape index (κ1) is 14.3. The fourth-order valence-electron chi connectivity index (χ4n) is 1.94. The van der Waals surface area contributed by atoms with Gasteiger partial charge >= 0.3 is 0 Å². The number of benzene rings is 1. The van der Waals surface area contributed by atoms with Gasteiger partial charge in [-0.05, 0) is 31.2 Å². The average molecular weight is 303 g/mol. The molecule has 5 nitrogen and oxygen atoms in total. The van der Waals surface area contributed by atoms with E-state index in [1.54, 1.807) is 0 Å². The minimum atomic E-state index is -3.32. The molecule has 0 aromatic heterocycles. The number of hydrogen-bond donors (Lipinski definition) is 2. The zero-order chi connectivity index (χ0) is 14.0. The maximum absolute atomic E-state index is 12.0. The zero-order valence-electron chi connectivity index (χ0n) is 10.4. The van der Waals surface area contributed by atoms with Crippen molar-refractivity contribution in [2.24, 2.45) is 5.92 Å². The van der Waals surface area contributed by atoms with E-state index in [1.807, 2.05) is 0 Å². The first-order valence-corrected chi connectivity index (χ1v) is 8.16. The molecular weight excluding hydrogens is 288 g/mol. The molecule has 19 heavy (non-hydrogen) atoms. The predicted molar refractivity (Wildman–Crippen MR) is 74.2 cm³/mol. The van der Waals surface area contributed by atoms with Crippen LogP contribution in [0.15, 0.2) is 23.1 Å². The fraction of sp³-hybridized carbons (Fsp3) is 0.417. The Balaban J connectivity index is 2.22. The van der Waals surface area contributed by atoms with Crippen molar-refractivity contribution in [3.8, 4) is 0 Å². The Morgan fingerprint density at radius 1 is 1.47 bits per heavy atom. The molecule has 1 aliphatic rings. The van der Waals surface area contributed by atoms with E-state index in [0.29, 0.717) is 17.3 Å². The number of rotatable bonds is 3. The molecule has 1 amide bonds. The lowest BCUT2D eigenvalue weighted by atomic mass is 10.1. The second kappa shape index (κ2) is 5.48. The van der Waals surface area contributed by atoms with Crippen molar-refractivity contribution >= 4 is 33.0 Å². The van der Waals surface area contributed by atoms with Gasteiger partial charge in [0.2, 0.25) is 5.91 Å². The predicted octanol–water partition coefficient (Wildman–Crippen LogP) is 1.29. The van der Waals surface area contributed by atoms with Crippen molar-refractivity contribution in [3.05, 3.63) is 23.2 Å². The monoisotopic (exact) mass is 302 g/mol. The molecule has 1 heterocycles. The van der Waals surface area contributed by atoms with Crippen LogP contribution in [0.1, 0.15) is 6.42 Å². The third kappa shape index (κ3) is 3.46. The van der Waals surface area contributed by atoms with Crippen LogP contribution in [-0.2, 0) is 14.6 Å². The van der Waals surface area contributed by atoms with Crippen molar-refractivity contribution in [1.29, 1.82) is 0 Å². The van der Waals surface area contributed by atoms with Crippen LogP contribution >= 0.6 is 11.6 Å². The summed E-state index contributed by atoms with van der Waals surface area (Å²) in [5.74, 6) is -0.240. The Labute approximate surface area is 117 Å². The summed E-state index contributed by atoms with van der Waals surface area (Å²) in [7, 11) is -3.32. The van der Waals surface area contributed by atoms with E-state index >= 15 is 0 Å². The average Bonchev–Trinajstić information content (AvgIpc) is 2.84. The van der Waals surface area contributed by atoms with Gasteiger partial charge in [-0.3, -0.25) is 4.79 Å². The minimum absolute atomic E-state index is 0.0991. The Hall–Kier alpha value is -1.11. The summed E-state index contributed by atoms with van der Waals surface area (Å²) in [5, 5.41) is 6.11. The third-order valence-electron chi connectivity index (χ3n) is 3.05. The van der Waals surface area contributed by atoms with E-state index in [0.717, 1.165) is 19.2 Å². The van der Waals surface area contributed by atoms with Crippen LogP contribution in [0.2, 0.25) is 5.02 Å². The molecule has 1 fully saturated rings. The topological polar surface area (TPSA) is 75.3 Å². The molecule has 0 radical (unpaired) electrons. The van der Waals surface area contributed by atoms with Gasteiger partial charge in [0.15, 0.2) is 9.84 Å². The molecule has 0 spiro atoms. The molecule has 2 N–H and O–H groups in total. The van der Waals surface area contributed by atoms with E-state index in [9.17, 15) is 13.2 Å². The Kier molecular flexibility index (Phi) is 4.13. The van der Waals surface area contributed by atoms with E-state index in [2.05, 4.69) is 10.6 Å². The van der Waals surface area contributed by atoms with Gasteiger partial charge in [0.05, 0.1) is 21.5 Å². The Morgan fingerprint density at radius 3 is 2.79 bits per heavy atom. The van der Waals surface area contributed by atoms with Gasteiger partial charge in [-0.1, -0.05) is 11.6 Å². The van der Waals surface area contributed by atoms with Crippen LogP contribution in [0.3, 0.4) is 0 Å². The summed E-state index contributed by atoms with van der Waals surface area (Å²) in [4.78, 5) is 12.1. The number of hydrogen-bond acceptors (Lipinski definition) is 4. The second-order valence-electron chi connectivity index (χ2n) is 4.59. The molecule has 0 aliphatic carbocycles. The van der Waals surface area contributed by atoms with E-state index in [-0.39, 0.29) is 16.7 Å². The molecule has 1 aromatic carbocycles. The fourth-order valence-corrected chi connectivity index (χ4v) is 2.76. The minimum Gasteiger partial charge on any atom is -0.324 e. The molecule has 0 bridgehead atoms. The van der Waals surface area contributed by atoms with Crippen LogP contribution < -0.4 is 10.6 Å². The molecule has 1 aliphatic heterocycles. The van der Waals surface area contributed by atoms with E-state index < -0.39 is 9.84 Å². The molecule has 2 rings (SSSR count). The first-order valence-electron chi connectivity index (χ1n) is 5.89. The number of amides is 1. The van der Waals surface area contributed by atoms with Crippen molar-refractivity contribution in [3.63, 3.8) is 0 Å². The van der Waals surface area contributed by atoms with Crippen LogP contribution in [0, 0.1) is 5.92 Å².